The largest absolute Gasteiger partial charge is 0.384 e. The molecule has 3 heterocycles. The van der Waals surface area contributed by atoms with Crippen molar-refractivity contribution in [2.24, 2.45) is 0 Å². The van der Waals surface area contributed by atoms with Crippen molar-refractivity contribution in [2.75, 3.05) is 33.0 Å². The molecule has 3 rings (SSSR count). The van der Waals surface area contributed by atoms with Gasteiger partial charge in [0.1, 0.15) is 23.3 Å². The summed E-state index contributed by atoms with van der Waals surface area (Å²) in [6.07, 6.45) is 2.51. The van der Waals surface area contributed by atoms with Gasteiger partial charge >= 0.3 is 0 Å². The van der Waals surface area contributed by atoms with Crippen LogP contribution in [-0.4, -0.2) is 69.9 Å². The van der Waals surface area contributed by atoms with E-state index >= 15 is 0 Å². The number of ether oxygens (including phenoxy) is 1. The minimum absolute atomic E-state index is 0.0984. The summed E-state index contributed by atoms with van der Waals surface area (Å²) in [6.45, 7) is 3.86. The maximum Gasteiger partial charge on any atom is 0.247 e. The summed E-state index contributed by atoms with van der Waals surface area (Å²) in [5.41, 5.74) is 7.35. The van der Waals surface area contributed by atoms with E-state index in [1.165, 1.54) is 22.2 Å². The fourth-order valence-electron chi connectivity index (χ4n) is 3.18. The van der Waals surface area contributed by atoms with E-state index in [9.17, 15) is 9.59 Å². The number of nitrogens with two attached hydrogens (primary N) is 1. The molecule has 1 fully saturated rings. The molecular weight excluding hydrogens is 396 g/mol. The Morgan fingerprint density at radius 1 is 1.28 bits per heavy atom. The third-order valence-electron chi connectivity index (χ3n) is 4.53. The summed E-state index contributed by atoms with van der Waals surface area (Å²) >= 11 is 6.24. The lowest BCUT2D eigenvalue weighted by Gasteiger charge is -2.41. The molecule has 1 aliphatic rings. The lowest BCUT2D eigenvalue weighted by molar-refractivity contribution is -0.155. The van der Waals surface area contributed by atoms with E-state index < -0.39 is 12.1 Å². The van der Waals surface area contributed by atoms with E-state index in [1.807, 2.05) is 0 Å². The predicted molar refractivity (Wildman–Crippen MR) is 108 cm³/mol. The van der Waals surface area contributed by atoms with Gasteiger partial charge in [0.25, 0.3) is 0 Å². The number of nitrogens with zero attached hydrogens (tertiary/aromatic N) is 5. The Hall–Kier alpha value is -3.04. The zero-order valence-corrected chi connectivity index (χ0v) is 16.8. The molecule has 29 heavy (non-hydrogen) atoms. The Balaban J connectivity index is 2.06. The van der Waals surface area contributed by atoms with E-state index in [-0.39, 0.29) is 30.2 Å². The van der Waals surface area contributed by atoms with Gasteiger partial charge in [-0.1, -0.05) is 18.2 Å². The van der Waals surface area contributed by atoms with Gasteiger partial charge < -0.3 is 20.3 Å². The molecule has 0 spiro atoms. The molecular formula is C19H21ClN6O3. The molecule has 1 aliphatic heterocycles. The third kappa shape index (κ3) is 4.36. The number of likely N-dealkylation sites (N-methyl/N-ethyl adjacent to an activating group) is 1. The van der Waals surface area contributed by atoms with Crippen LogP contribution in [0.2, 0.25) is 5.15 Å². The topological polar surface area (TPSA) is 115 Å². The summed E-state index contributed by atoms with van der Waals surface area (Å²) in [5, 5.41) is 0.210. The highest BCUT2D eigenvalue weighted by atomic mass is 35.5. The summed E-state index contributed by atoms with van der Waals surface area (Å²) in [4.78, 5) is 40.6. The lowest BCUT2D eigenvalue weighted by atomic mass is 10.0. The summed E-state index contributed by atoms with van der Waals surface area (Å²) in [6, 6.07) is 3.62. The van der Waals surface area contributed by atoms with Crippen LogP contribution in [0.25, 0.3) is 11.4 Å². The van der Waals surface area contributed by atoms with Crippen LogP contribution < -0.4 is 5.73 Å². The van der Waals surface area contributed by atoms with Crippen molar-refractivity contribution >= 4 is 29.2 Å². The van der Waals surface area contributed by atoms with Gasteiger partial charge in [-0.3, -0.25) is 9.59 Å². The molecule has 0 radical (unpaired) electrons. The summed E-state index contributed by atoms with van der Waals surface area (Å²) < 4.78 is 5.67. The first-order valence-electron chi connectivity index (χ1n) is 8.80. The van der Waals surface area contributed by atoms with Crippen LogP contribution in [0.15, 0.2) is 37.2 Å². The molecule has 152 valence electrons. The number of pyridine rings is 1. The average molecular weight is 417 g/mol. The van der Waals surface area contributed by atoms with Crippen molar-refractivity contribution in [1.82, 2.24) is 24.8 Å². The molecule has 2 aromatic rings. The van der Waals surface area contributed by atoms with Gasteiger partial charge in [-0.2, -0.15) is 0 Å². The molecule has 0 saturated carbocycles. The fraction of sp³-hybridized carbons (Fsp3) is 0.316. The van der Waals surface area contributed by atoms with E-state index in [2.05, 4.69) is 21.5 Å². The van der Waals surface area contributed by atoms with Crippen molar-refractivity contribution in [3.8, 4) is 11.4 Å². The number of amides is 2. The quantitative estimate of drug-likeness (QED) is 0.590. The van der Waals surface area contributed by atoms with Gasteiger partial charge in [0.15, 0.2) is 0 Å². The molecule has 0 aliphatic carbocycles. The number of morpholine rings is 1. The van der Waals surface area contributed by atoms with E-state index in [0.717, 1.165) is 0 Å². The molecule has 2 N–H and O–H groups in total. The minimum Gasteiger partial charge on any atom is -0.384 e. The molecule has 2 atom stereocenters. The molecule has 2 aromatic heterocycles. The first kappa shape index (κ1) is 20.7. The van der Waals surface area contributed by atoms with Crippen LogP contribution in [0.1, 0.15) is 11.6 Å². The second-order valence-corrected chi connectivity index (χ2v) is 7.08. The predicted octanol–water partition coefficient (Wildman–Crippen LogP) is 1.32. The second-order valence-electron chi connectivity index (χ2n) is 6.69. The maximum absolute atomic E-state index is 12.7. The third-order valence-corrected chi connectivity index (χ3v) is 4.72. The second kappa shape index (κ2) is 8.54. The molecule has 10 heteroatoms. The molecule has 0 aromatic carbocycles. The fourth-order valence-corrected chi connectivity index (χ4v) is 3.40. The van der Waals surface area contributed by atoms with Crippen molar-refractivity contribution in [2.45, 2.75) is 12.1 Å². The van der Waals surface area contributed by atoms with Gasteiger partial charge in [-0.05, 0) is 23.8 Å². The smallest absolute Gasteiger partial charge is 0.247 e. The van der Waals surface area contributed by atoms with Crippen LogP contribution in [-0.2, 0) is 14.3 Å². The SMILES string of the molecule is C=CC(=O)N1[C@H](C(=O)N(C)C)COC[C@H]1c1cc(Cl)nc(-c2cc(N)ncn2)c1. The zero-order chi connectivity index (χ0) is 21.1. The number of rotatable bonds is 4. The van der Waals surface area contributed by atoms with Crippen LogP contribution >= 0.6 is 11.6 Å². The van der Waals surface area contributed by atoms with E-state index in [0.29, 0.717) is 22.8 Å². The Kier molecular flexibility index (Phi) is 6.09. The highest BCUT2D eigenvalue weighted by Crippen LogP contribution is 2.32. The number of carbonyl (C=O) groups is 2. The van der Waals surface area contributed by atoms with Crippen LogP contribution in [0.4, 0.5) is 5.82 Å². The lowest BCUT2D eigenvalue weighted by Crippen LogP contribution is -2.56. The first-order valence-corrected chi connectivity index (χ1v) is 9.18. The molecule has 2 amide bonds. The Morgan fingerprint density at radius 3 is 2.69 bits per heavy atom. The summed E-state index contributed by atoms with van der Waals surface area (Å²) in [7, 11) is 3.26. The van der Waals surface area contributed by atoms with Gasteiger partial charge in [0.05, 0.1) is 30.6 Å². The number of aromatic nitrogens is 3. The highest BCUT2D eigenvalue weighted by molar-refractivity contribution is 6.29. The van der Waals surface area contributed by atoms with Crippen LogP contribution in [0, 0.1) is 0 Å². The van der Waals surface area contributed by atoms with Crippen molar-refractivity contribution in [3.63, 3.8) is 0 Å². The highest BCUT2D eigenvalue weighted by Gasteiger charge is 2.39. The summed E-state index contributed by atoms with van der Waals surface area (Å²) in [5.74, 6) is -0.326. The first-order chi connectivity index (χ1) is 13.8. The normalized spacial score (nSPS) is 18.9. The number of anilines is 1. The van der Waals surface area contributed by atoms with Gasteiger partial charge in [0.2, 0.25) is 11.8 Å². The maximum atomic E-state index is 12.7. The van der Waals surface area contributed by atoms with Gasteiger partial charge in [0, 0.05) is 20.2 Å². The number of hydrogen-bond donors (Lipinski definition) is 1. The average Bonchev–Trinajstić information content (AvgIpc) is 2.71. The van der Waals surface area contributed by atoms with E-state index in [1.54, 1.807) is 32.3 Å². The van der Waals surface area contributed by atoms with Gasteiger partial charge in [-0.25, -0.2) is 15.0 Å². The van der Waals surface area contributed by atoms with Crippen molar-refractivity contribution in [1.29, 1.82) is 0 Å². The number of halogens is 1. The Morgan fingerprint density at radius 2 is 2.03 bits per heavy atom. The molecule has 1 saturated heterocycles. The van der Waals surface area contributed by atoms with Crippen molar-refractivity contribution < 1.29 is 14.3 Å². The minimum atomic E-state index is -0.778. The Bertz CT molecular complexity index is 951. The standard InChI is InChI=1S/C19H21ClN6O3/c1-4-18(27)26-14(8-29-9-15(26)19(28)25(2)3)11-5-13(24-16(20)6-11)12-7-17(21)23-10-22-12/h4-7,10,14-15H,1,8-9H2,2-3H3,(H2,21,22,23)/t14-,15-/m0/s1. The molecule has 9 nitrogen and oxygen atoms in total. The van der Waals surface area contributed by atoms with Gasteiger partial charge in [-0.15, -0.1) is 0 Å². The Labute approximate surface area is 173 Å². The van der Waals surface area contributed by atoms with E-state index in [4.69, 9.17) is 22.1 Å². The molecule has 0 unspecified atom stereocenters. The monoisotopic (exact) mass is 416 g/mol. The number of carbonyl (C=O) groups excluding carboxylic acids is 2. The number of hydrogen-bond acceptors (Lipinski definition) is 7. The zero-order valence-electron chi connectivity index (χ0n) is 16.1. The molecule has 0 bridgehead atoms. The van der Waals surface area contributed by atoms with Crippen molar-refractivity contribution in [3.05, 3.63) is 47.9 Å². The van der Waals surface area contributed by atoms with Crippen LogP contribution in [0.3, 0.4) is 0 Å². The van der Waals surface area contributed by atoms with Crippen LogP contribution in [0.5, 0.6) is 0 Å². The number of nitrogen functional groups attached to an aromatic ring is 1.